The number of amides is 1. The van der Waals surface area contributed by atoms with E-state index in [4.69, 9.17) is 14.2 Å². The van der Waals surface area contributed by atoms with Crippen LogP contribution in [-0.4, -0.2) is 47.2 Å². The number of para-hydroxylation sites is 1. The second kappa shape index (κ2) is 11.1. The van der Waals surface area contributed by atoms with Crippen LogP contribution in [0.15, 0.2) is 71.6 Å². The average Bonchev–Trinajstić information content (AvgIpc) is 2.90. The third-order valence-electron chi connectivity index (χ3n) is 6.12. The van der Waals surface area contributed by atoms with Crippen LogP contribution in [0.3, 0.4) is 0 Å². The Morgan fingerprint density at radius 1 is 1.11 bits per heavy atom. The molecular formula is C28H32N2O6S. The molecule has 0 fully saturated rings. The Morgan fingerprint density at radius 3 is 2.54 bits per heavy atom. The van der Waals surface area contributed by atoms with Crippen molar-refractivity contribution < 1.29 is 27.4 Å². The molecular weight excluding hydrogens is 492 g/mol. The number of rotatable bonds is 9. The second-order valence-electron chi connectivity index (χ2n) is 9.12. The van der Waals surface area contributed by atoms with Gasteiger partial charge in [0.1, 0.15) is 23.9 Å². The minimum atomic E-state index is -3.96. The van der Waals surface area contributed by atoms with Crippen LogP contribution in [0.25, 0.3) is 0 Å². The van der Waals surface area contributed by atoms with Gasteiger partial charge in [-0.15, -0.1) is 0 Å². The van der Waals surface area contributed by atoms with Gasteiger partial charge < -0.3 is 19.5 Å². The second-order valence-corrected chi connectivity index (χ2v) is 11.0. The standard InChI is InChI=1S/C28H32N2O6S/c1-19(2)23-7-5-6-8-25(23)35-16-15-29-28(31)27-18-30(24-14-9-20(3)17-26(24)36-27)37(32,33)22-12-10-21(34-4)11-13-22/h5-14,17,19,27H,15-16,18H2,1-4H3,(H,29,31)/t27-/m0/s1. The Hall–Kier alpha value is -3.72. The summed E-state index contributed by atoms with van der Waals surface area (Å²) in [6.45, 7) is 6.42. The first kappa shape index (κ1) is 26.3. The molecule has 0 saturated carbocycles. The maximum absolute atomic E-state index is 13.6. The van der Waals surface area contributed by atoms with Crippen molar-refractivity contribution >= 4 is 21.6 Å². The SMILES string of the molecule is COc1ccc(S(=O)(=O)N2C[C@@H](C(=O)NCCOc3ccccc3C(C)C)Oc3cc(C)ccc32)cc1. The van der Waals surface area contributed by atoms with Crippen LogP contribution in [0.5, 0.6) is 17.2 Å². The Labute approximate surface area is 218 Å². The highest BCUT2D eigenvalue weighted by Gasteiger charge is 2.37. The number of methoxy groups -OCH3 is 1. The first-order valence-corrected chi connectivity index (χ1v) is 13.6. The number of hydrogen-bond donors (Lipinski definition) is 1. The number of aryl methyl sites for hydroxylation is 1. The van der Waals surface area contributed by atoms with Crippen LogP contribution in [0.1, 0.15) is 30.9 Å². The van der Waals surface area contributed by atoms with E-state index in [0.717, 1.165) is 16.9 Å². The Bertz CT molecular complexity index is 1360. The first-order chi connectivity index (χ1) is 17.7. The predicted molar refractivity (Wildman–Crippen MR) is 142 cm³/mol. The molecule has 0 saturated heterocycles. The lowest BCUT2D eigenvalue weighted by molar-refractivity contribution is -0.127. The maximum atomic E-state index is 13.6. The lowest BCUT2D eigenvalue weighted by atomic mass is 10.0. The molecule has 196 valence electrons. The molecule has 37 heavy (non-hydrogen) atoms. The van der Waals surface area contributed by atoms with Gasteiger partial charge in [-0.05, 0) is 66.4 Å². The quantitative estimate of drug-likeness (QED) is 0.420. The van der Waals surface area contributed by atoms with Gasteiger partial charge in [-0.25, -0.2) is 8.42 Å². The Kier molecular flexibility index (Phi) is 7.92. The molecule has 1 aliphatic heterocycles. The summed E-state index contributed by atoms with van der Waals surface area (Å²) in [5, 5.41) is 2.82. The van der Waals surface area contributed by atoms with E-state index in [1.165, 1.54) is 23.5 Å². The van der Waals surface area contributed by atoms with Gasteiger partial charge in [-0.2, -0.15) is 0 Å². The fraction of sp³-hybridized carbons (Fsp3) is 0.321. The largest absolute Gasteiger partial charge is 0.497 e. The fourth-order valence-electron chi connectivity index (χ4n) is 4.14. The molecule has 9 heteroatoms. The summed E-state index contributed by atoms with van der Waals surface area (Å²) in [5.74, 6) is 1.56. The van der Waals surface area contributed by atoms with Crippen LogP contribution in [-0.2, 0) is 14.8 Å². The smallest absolute Gasteiger partial charge is 0.264 e. The molecule has 1 heterocycles. The number of anilines is 1. The van der Waals surface area contributed by atoms with Crippen LogP contribution in [0, 0.1) is 6.92 Å². The van der Waals surface area contributed by atoms with Crippen molar-refractivity contribution in [2.24, 2.45) is 0 Å². The number of fused-ring (bicyclic) bond motifs is 1. The molecule has 0 radical (unpaired) electrons. The summed E-state index contributed by atoms with van der Waals surface area (Å²) in [6, 6.07) is 19.2. The fourth-order valence-corrected chi connectivity index (χ4v) is 5.61. The number of carbonyl (C=O) groups excluding carboxylic acids is 1. The Balaban J connectivity index is 1.48. The number of nitrogens with one attached hydrogen (secondary N) is 1. The molecule has 3 aromatic carbocycles. The van der Waals surface area contributed by atoms with Gasteiger partial charge in [-0.3, -0.25) is 9.10 Å². The minimum Gasteiger partial charge on any atom is -0.497 e. The molecule has 8 nitrogen and oxygen atoms in total. The average molecular weight is 525 g/mol. The number of sulfonamides is 1. The minimum absolute atomic E-state index is 0.0955. The molecule has 1 atom stereocenters. The zero-order chi connectivity index (χ0) is 26.6. The van der Waals surface area contributed by atoms with E-state index in [1.54, 1.807) is 24.3 Å². The van der Waals surface area contributed by atoms with Gasteiger partial charge in [-0.1, -0.05) is 38.1 Å². The molecule has 0 spiro atoms. The van der Waals surface area contributed by atoms with E-state index in [9.17, 15) is 13.2 Å². The van der Waals surface area contributed by atoms with Crippen molar-refractivity contribution in [1.82, 2.24) is 5.32 Å². The molecule has 4 rings (SSSR count). The van der Waals surface area contributed by atoms with E-state index in [0.29, 0.717) is 23.1 Å². The number of benzene rings is 3. The summed E-state index contributed by atoms with van der Waals surface area (Å²) in [5.41, 5.74) is 2.37. The molecule has 0 aliphatic carbocycles. The van der Waals surface area contributed by atoms with E-state index < -0.39 is 22.0 Å². The third kappa shape index (κ3) is 5.83. The molecule has 1 aliphatic rings. The van der Waals surface area contributed by atoms with E-state index in [1.807, 2.05) is 37.3 Å². The van der Waals surface area contributed by atoms with Crippen LogP contribution >= 0.6 is 0 Å². The van der Waals surface area contributed by atoms with Crippen molar-refractivity contribution in [3.05, 3.63) is 77.9 Å². The van der Waals surface area contributed by atoms with Gasteiger partial charge in [0, 0.05) is 0 Å². The highest BCUT2D eigenvalue weighted by molar-refractivity contribution is 7.92. The van der Waals surface area contributed by atoms with Crippen LogP contribution in [0.4, 0.5) is 5.69 Å². The number of nitrogens with zero attached hydrogens (tertiary/aromatic N) is 1. The van der Waals surface area contributed by atoms with Crippen molar-refractivity contribution in [2.75, 3.05) is 31.1 Å². The lowest BCUT2D eigenvalue weighted by Gasteiger charge is -2.35. The van der Waals surface area contributed by atoms with Crippen molar-refractivity contribution in [2.45, 2.75) is 37.7 Å². The predicted octanol–water partition coefficient (Wildman–Crippen LogP) is 4.28. The first-order valence-electron chi connectivity index (χ1n) is 12.1. The van der Waals surface area contributed by atoms with Crippen molar-refractivity contribution in [3.63, 3.8) is 0 Å². The molecule has 1 amide bonds. The van der Waals surface area contributed by atoms with Crippen molar-refractivity contribution in [1.29, 1.82) is 0 Å². The summed E-state index contributed by atoms with van der Waals surface area (Å²) in [6.07, 6.45) is -1.02. The number of hydrogen-bond acceptors (Lipinski definition) is 6. The molecule has 3 aromatic rings. The van der Waals surface area contributed by atoms with E-state index >= 15 is 0 Å². The van der Waals surface area contributed by atoms with Gasteiger partial charge >= 0.3 is 0 Å². The lowest BCUT2D eigenvalue weighted by Crippen LogP contribution is -2.51. The van der Waals surface area contributed by atoms with Gasteiger partial charge in [0.2, 0.25) is 0 Å². The Morgan fingerprint density at radius 2 is 1.84 bits per heavy atom. The molecule has 1 N–H and O–H groups in total. The number of carbonyl (C=O) groups is 1. The maximum Gasteiger partial charge on any atom is 0.264 e. The summed E-state index contributed by atoms with van der Waals surface area (Å²) >= 11 is 0. The van der Waals surface area contributed by atoms with Gasteiger partial charge in [0.15, 0.2) is 6.10 Å². The molecule has 0 aromatic heterocycles. The summed E-state index contributed by atoms with van der Waals surface area (Å²) in [7, 11) is -2.45. The van der Waals surface area contributed by atoms with E-state index in [-0.39, 0.29) is 24.6 Å². The molecule has 0 bridgehead atoms. The topological polar surface area (TPSA) is 94.2 Å². The number of ether oxygens (including phenoxy) is 3. The van der Waals surface area contributed by atoms with Crippen LogP contribution in [0.2, 0.25) is 0 Å². The summed E-state index contributed by atoms with van der Waals surface area (Å²) < 4.78 is 45.4. The third-order valence-corrected chi connectivity index (χ3v) is 7.92. The molecule has 0 unspecified atom stereocenters. The highest BCUT2D eigenvalue weighted by Crippen LogP contribution is 2.38. The summed E-state index contributed by atoms with van der Waals surface area (Å²) in [4.78, 5) is 13.1. The van der Waals surface area contributed by atoms with Crippen molar-refractivity contribution in [3.8, 4) is 17.2 Å². The monoisotopic (exact) mass is 524 g/mol. The zero-order valence-corrected chi connectivity index (χ0v) is 22.2. The zero-order valence-electron chi connectivity index (χ0n) is 21.4. The van der Waals surface area contributed by atoms with Crippen LogP contribution < -0.4 is 23.8 Å². The van der Waals surface area contributed by atoms with Gasteiger partial charge in [0.05, 0.1) is 30.8 Å². The highest BCUT2D eigenvalue weighted by atomic mass is 32.2. The van der Waals surface area contributed by atoms with Gasteiger partial charge in [0.25, 0.3) is 15.9 Å². The van der Waals surface area contributed by atoms with E-state index in [2.05, 4.69) is 19.2 Å². The normalized spacial score (nSPS) is 15.1.